The van der Waals surface area contributed by atoms with Crippen LogP contribution in [0.3, 0.4) is 0 Å². The Morgan fingerprint density at radius 3 is 2.79 bits per heavy atom. The zero-order chi connectivity index (χ0) is 14.4. The summed E-state index contributed by atoms with van der Waals surface area (Å²) in [5.41, 5.74) is 5.06. The number of halogens is 1. The minimum Gasteiger partial charge on any atom is -0.465 e. The number of hydrogen-bond donors (Lipinski definition) is 2. The molecular formula is C11H13ClN2O5. The van der Waals surface area contributed by atoms with E-state index in [2.05, 4.69) is 9.72 Å². The lowest BCUT2D eigenvalue weighted by Gasteiger charge is -2.21. The molecular weight excluding hydrogens is 276 g/mol. The molecule has 8 heteroatoms. The number of carbonyl (C=O) groups excluding carboxylic acids is 2. The molecule has 0 aliphatic heterocycles. The fourth-order valence-electron chi connectivity index (χ4n) is 1.38. The van der Waals surface area contributed by atoms with E-state index in [4.69, 9.17) is 22.1 Å². The highest BCUT2D eigenvalue weighted by molar-refractivity contribution is 6.31. The number of amides is 1. The average Bonchev–Trinajstić information content (AvgIpc) is 2.30. The maximum absolute atomic E-state index is 10.8. The van der Waals surface area contributed by atoms with Crippen molar-refractivity contribution in [2.45, 2.75) is 19.1 Å². The van der Waals surface area contributed by atoms with Gasteiger partial charge < -0.3 is 20.3 Å². The van der Waals surface area contributed by atoms with Crippen molar-refractivity contribution in [1.82, 2.24) is 4.98 Å². The zero-order valence-corrected chi connectivity index (χ0v) is 10.8. The standard InChI is InChI=1S/C11H13ClN2O5/c1-6(15)18-5-7(10(16)19-11(13)17)9-8(12)3-2-4-14-9/h2-4,7,10,16H,5H2,1H3,(H2,13,17)/t7-,10?/m1/s1. The van der Waals surface area contributed by atoms with Crippen molar-refractivity contribution < 1.29 is 24.2 Å². The van der Waals surface area contributed by atoms with E-state index in [0.29, 0.717) is 0 Å². The van der Waals surface area contributed by atoms with Crippen molar-refractivity contribution in [3.05, 3.63) is 29.0 Å². The third-order valence-corrected chi connectivity index (χ3v) is 2.51. The molecule has 1 aromatic rings. The number of nitrogens with two attached hydrogens (primary N) is 1. The minimum absolute atomic E-state index is 0.235. The average molecular weight is 289 g/mol. The first-order valence-electron chi connectivity index (χ1n) is 5.29. The summed E-state index contributed by atoms with van der Waals surface area (Å²) in [6, 6.07) is 3.14. The number of aliphatic hydroxyl groups excluding tert-OH is 1. The molecule has 0 fully saturated rings. The summed E-state index contributed by atoms with van der Waals surface area (Å²) in [6.07, 6.45) is -1.34. The first-order chi connectivity index (χ1) is 8.91. The lowest BCUT2D eigenvalue weighted by Crippen LogP contribution is -2.31. The fourth-order valence-corrected chi connectivity index (χ4v) is 1.64. The summed E-state index contributed by atoms with van der Waals surface area (Å²) in [7, 11) is 0. The molecule has 0 aliphatic rings. The Kier molecular flexibility index (Phi) is 5.53. The van der Waals surface area contributed by atoms with Crippen LogP contribution in [0.2, 0.25) is 5.02 Å². The van der Waals surface area contributed by atoms with Gasteiger partial charge in [-0.3, -0.25) is 9.78 Å². The molecule has 0 radical (unpaired) electrons. The highest BCUT2D eigenvalue weighted by Gasteiger charge is 2.28. The highest BCUT2D eigenvalue weighted by Crippen LogP contribution is 2.26. The summed E-state index contributed by atoms with van der Waals surface area (Å²) < 4.78 is 9.24. The van der Waals surface area contributed by atoms with Gasteiger partial charge in [0.25, 0.3) is 0 Å². The molecule has 1 amide bonds. The molecule has 7 nitrogen and oxygen atoms in total. The van der Waals surface area contributed by atoms with E-state index in [1.165, 1.54) is 13.1 Å². The first-order valence-corrected chi connectivity index (χ1v) is 5.67. The Bertz CT molecular complexity index is 468. The summed E-state index contributed by atoms with van der Waals surface area (Å²) >= 11 is 5.93. The van der Waals surface area contributed by atoms with Crippen molar-refractivity contribution in [2.24, 2.45) is 5.73 Å². The van der Waals surface area contributed by atoms with Crippen LogP contribution in [0.15, 0.2) is 18.3 Å². The fraction of sp³-hybridized carbons (Fsp3) is 0.364. The van der Waals surface area contributed by atoms with Crippen LogP contribution < -0.4 is 5.73 Å². The van der Waals surface area contributed by atoms with E-state index in [1.807, 2.05) is 0 Å². The summed E-state index contributed by atoms with van der Waals surface area (Å²) in [6.45, 7) is 0.957. The van der Waals surface area contributed by atoms with Crippen LogP contribution in [0.5, 0.6) is 0 Å². The molecule has 2 atom stereocenters. The number of hydrogen-bond acceptors (Lipinski definition) is 6. The largest absolute Gasteiger partial charge is 0.465 e. The van der Waals surface area contributed by atoms with Crippen molar-refractivity contribution >= 4 is 23.7 Å². The quantitative estimate of drug-likeness (QED) is 0.612. The van der Waals surface area contributed by atoms with Crippen molar-refractivity contribution in [3.63, 3.8) is 0 Å². The third kappa shape index (κ3) is 4.72. The smallest absolute Gasteiger partial charge is 0.406 e. The molecule has 104 valence electrons. The van der Waals surface area contributed by atoms with Gasteiger partial charge in [0.2, 0.25) is 6.29 Å². The summed E-state index contributed by atoms with van der Waals surface area (Å²) in [4.78, 5) is 25.4. The minimum atomic E-state index is -1.62. The number of ether oxygens (including phenoxy) is 2. The number of carbonyl (C=O) groups is 2. The van der Waals surface area contributed by atoms with E-state index in [-0.39, 0.29) is 17.3 Å². The Morgan fingerprint density at radius 1 is 1.58 bits per heavy atom. The van der Waals surface area contributed by atoms with Crippen molar-refractivity contribution in [2.75, 3.05) is 6.61 Å². The van der Waals surface area contributed by atoms with E-state index in [9.17, 15) is 14.7 Å². The lowest BCUT2D eigenvalue weighted by molar-refractivity contribution is -0.145. The van der Waals surface area contributed by atoms with Gasteiger partial charge in [-0.1, -0.05) is 11.6 Å². The van der Waals surface area contributed by atoms with Gasteiger partial charge in [-0.05, 0) is 12.1 Å². The summed E-state index contributed by atoms with van der Waals surface area (Å²) in [5, 5.41) is 10.00. The number of aliphatic hydroxyl groups is 1. The van der Waals surface area contributed by atoms with Crippen LogP contribution in [-0.2, 0) is 14.3 Å². The predicted octanol–water partition coefficient (Wildman–Crippen LogP) is 0.795. The zero-order valence-electron chi connectivity index (χ0n) is 10.1. The molecule has 1 rings (SSSR count). The number of rotatable bonds is 5. The van der Waals surface area contributed by atoms with Crippen LogP contribution in [0, 0.1) is 0 Å². The predicted molar refractivity (Wildman–Crippen MR) is 65.3 cm³/mol. The third-order valence-electron chi connectivity index (χ3n) is 2.19. The Balaban J connectivity index is 2.94. The number of aromatic nitrogens is 1. The van der Waals surface area contributed by atoms with Crippen molar-refractivity contribution in [3.8, 4) is 0 Å². The maximum atomic E-state index is 10.8. The van der Waals surface area contributed by atoms with Crippen LogP contribution in [0.4, 0.5) is 4.79 Å². The normalized spacial score (nSPS) is 13.4. The second-order valence-corrected chi connectivity index (χ2v) is 4.01. The van der Waals surface area contributed by atoms with Gasteiger partial charge in [0.05, 0.1) is 16.6 Å². The molecule has 1 aromatic heterocycles. The molecule has 0 aliphatic carbocycles. The number of nitrogens with zero attached hydrogens (tertiary/aromatic N) is 1. The molecule has 3 N–H and O–H groups in total. The van der Waals surface area contributed by atoms with Gasteiger partial charge in [-0.15, -0.1) is 0 Å². The molecule has 1 heterocycles. The van der Waals surface area contributed by atoms with Gasteiger partial charge in [0.1, 0.15) is 6.61 Å². The molecule has 0 saturated heterocycles. The van der Waals surface area contributed by atoms with Crippen LogP contribution in [0.25, 0.3) is 0 Å². The highest BCUT2D eigenvalue weighted by atomic mass is 35.5. The van der Waals surface area contributed by atoms with E-state index in [0.717, 1.165) is 0 Å². The molecule has 19 heavy (non-hydrogen) atoms. The van der Waals surface area contributed by atoms with Crippen LogP contribution >= 0.6 is 11.6 Å². The molecule has 1 unspecified atom stereocenters. The Morgan fingerprint density at radius 2 is 2.26 bits per heavy atom. The molecule has 0 spiro atoms. The Labute approximate surface area is 114 Å². The monoisotopic (exact) mass is 288 g/mol. The lowest BCUT2D eigenvalue weighted by atomic mass is 10.1. The topological polar surface area (TPSA) is 112 Å². The maximum Gasteiger partial charge on any atom is 0.406 e. The van der Waals surface area contributed by atoms with E-state index in [1.54, 1.807) is 12.1 Å². The first kappa shape index (κ1) is 15.2. The van der Waals surface area contributed by atoms with Gasteiger partial charge in [-0.25, -0.2) is 4.79 Å². The Hall–Kier alpha value is -1.86. The van der Waals surface area contributed by atoms with E-state index >= 15 is 0 Å². The second-order valence-electron chi connectivity index (χ2n) is 3.61. The number of primary amides is 1. The number of esters is 1. The van der Waals surface area contributed by atoms with Gasteiger partial charge in [0, 0.05) is 13.1 Å². The summed E-state index contributed by atoms with van der Waals surface area (Å²) in [5.74, 6) is -1.48. The van der Waals surface area contributed by atoms with Crippen LogP contribution in [0.1, 0.15) is 18.5 Å². The number of pyridine rings is 1. The van der Waals surface area contributed by atoms with E-state index < -0.39 is 24.3 Å². The second kappa shape index (κ2) is 6.91. The van der Waals surface area contributed by atoms with Gasteiger partial charge in [0.15, 0.2) is 0 Å². The molecule has 0 aromatic carbocycles. The van der Waals surface area contributed by atoms with Crippen molar-refractivity contribution in [1.29, 1.82) is 0 Å². The van der Waals surface area contributed by atoms with Gasteiger partial charge in [-0.2, -0.15) is 0 Å². The molecule has 0 saturated carbocycles. The molecule has 0 bridgehead atoms. The van der Waals surface area contributed by atoms with Crippen LogP contribution in [-0.4, -0.2) is 35.0 Å². The SMILES string of the molecule is CC(=O)OC[C@H](c1ncccc1Cl)C(O)OC(N)=O. The van der Waals surface area contributed by atoms with Gasteiger partial charge >= 0.3 is 12.1 Å².